The van der Waals surface area contributed by atoms with E-state index in [9.17, 15) is 14.9 Å². The highest BCUT2D eigenvalue weighted by Crippen LogP contribution is 2.30. The van der Waals surface area contributed by atoms with Crippen molar-refractivity contribution in [3.05, 3.63) is 112 Å². The highest BCUT2D eigenvalue weighted by Gasteiger charge is 2.22. The van der Waals surface area contributed by atoms with Crippen molar-refractivity contribution >= 4 is 39.8 Å². The minimum absolute atomic E-state index is 0.186. The summed E-state index contributed by atoms with van der Waals surface area (Å²) in [6.07, 6.45) is 0. The second kappa shape index (κ2) is 10.8. The number of nitrogens with zero attached hydrogens (tertiary/aromatic N) is 2. The van der Waals surface area contributed by atoms with Crippen LogP contribution in [-0.2, 0) is 11.3 Å². The molecule has 0 aliphatic rings. The number of aromatic nitrogens is 1. The zero-order valence-corrected chi connectivity index (χ0v) is 21.8. The van der Waals surface area contributed by atoms with Gasteiger partial charge >= 0.3 is 5.97 Å². The molecule has 1 N–H and O–H groups in total. The first-order chi connectivity index (χ1) is 18.5. The van der Waals surface area contributed by atoms with E-state index in [-0.39, 0.29) is 19.1 Å². The van der Waals surface area contributed by atoms with Gasteiger partial charge in [-0.15, -0.1) is 11.3 Å². The normalized spacial score (nSPS) is 10.8. The first-order valence-corrected chi connectivity index (χ1v) is 13.1. The minimum Gasteiger partial charge on any atom is -0.461 e. The molecule has 2 heterocycles. The third-order valence-electron chi connectivity index (χ3n) is 6.48. The van der Waals surface area contributed by atoms with Crippen LogP contribution in [-0.4, -0.2) is 23.5 Å². The largest absolute Gasteiger partial charge is 0.461 e. The maximum absolute atomic E-state index is 13.9. The molecule has 0 atom stereocenters. The Morgan fingerprint density at radius 3 is 2.53 bits per heavy atom. The molecular weight excluding hydrogens is 494 g/mol. The van der Waals surface area contributed by atoms with Crippen LogP contribution in [0.5, 0.6) is 0 Å². The number of ether oxygens (including phenoxy) is 1. The maximum atomic E-state index is 13.9. The zero-order valence-electron chi connectivity index (χ0n) is 21.0. The predicted octanol–water partition coefficient (Wildman–Crippen LogP) is 7.10. The summed E-state index contributed by atoms with van der Waals surface area (Å²) in [5.74, 6) is -0.599. The molecule has 5 rings (SSSR count). The van der Waals surface area contributed by atoms with Gasteiger partial charge in [-0.05, 0) is 78.4 Å². The molecule has 188 valence electrons. The highest BCUT2D eigenvalue weighted by atomic mass is 32.1. The number of thiophene rings is 1. The fourth-order valence-electron chi connectivity index (χ4n) is 4.48. The van der Waals surface area contributed by atoms with Gasteiger partial charge in [-0.3, -0.25) is 4.79 Å². The molecule has 3 aromatic carbocycles. The zero-order chi connectivity index (χ0) is 26.6. The smallest absolute Gasteiger partial charge is 0.355 e. The summed E-state index contributed by atoms with van der Waals surface area (Å²) in [5.41, 5.74) is 5.45. The van der Waals surface area contributed by atoms with E-state index in [4.69, 9.17) is 4.74 Å². The average molecular weight is 520 g/mol. The molecule has 0 saturated carbocycles. The van der Waals surface area contributed by atoms with E-state index < -0.39 is 5.97 Å². The average Bonchev–Trinajstić information content (AvgIpc) is 3.60. The number of H-pyrrole nitrogens is 1. The first kappa shape index (κ1) is 25.0. The number of amides is 1. The number of rotatable bonds is 7. The summed E-state index contributed by atoms with van der Waals surface area (Å²) in [5, 5.41) is 12.5. The number of nitrogens with one attached hydrogen (secondary N) is 1. The van der Waals surface area contributed by atoms with Crippen LogP contribution in [0, 0.1) is 18.3 Å². The van der Waals surface area contributed by atoms with Gasteiger partial charge < -0.3 is 14.6 Å². The van der Waals surface area contributed by atoms with Crippen LogP contribution in [0.3, 0.4) is 0 Å². The fraction of sp³-hybridized carbons (Fsp3) is 0.129. The molecule has 0 spiro atoms. The summed E-state index contributed by atoms with van der Waals surface area (Å²) >= 11 is 1.65. The molecule has 0 saturated heterocycles. The van der Waals surface area contributed by atoms with Gasteiger partial charge in [0.05, 0.1) is 24.8 Å². The standard InChI is InChI=1S/C31H25N3O3S/c1-3-37-31(36)29-20(2)26-17-25(14-15-27(26)33-29)34(19-24-8-5-4-7-23(24)18-32)30(35)22-12-10-21(11-13-22)28-9-6-16-38-28/h4-17,33H,3,19H2,1-2H3. The lowest BCUT2D eigenvalue weighted by Crippen LogP contribution is -2.30. The monoisotopic (exact) mass is 519 g/mol. The number of aryl methyl sites for hydroxylation is 1. The van der Waals surface area contributed by atoms with Crippen LogP contribution in [0.2, 0.25) is 0 Å². The molecule has 0 aliphatic carbocycles. The molecule has 38 heavy (non-hydrogen) atoms. The maximum Gasteiger partial charge on any atom is 0.355 e. The van der Waals surface area contributed by atoms with Crippen molar-refractivity contribution in [2.75, 3.05) is 11.5 Å². The molecule has 1 amide bonds. The Balaban J connectivity index is 1.56. The predicted molar refractivity (Wildman–Crippen MR) is 150 cm³/mol. The molecule has 0 bridgehead atoms. The topological polar surface area (TPSA) is 86.2 Å². The number of benzene rings is 3. The van der Waals surface area contributed by atoms with Gasteiger partial charge in [0.2, 0.25) is 0 Å². The Hall–Kier alpha value is -4.67. The van der Waals surface area contributed by atoms with Gasteiger partial charge in [0, 0.05) is 27.0 Å². The molecule has 6 nitrogen and oxygen atoms in total. The van der Waals surface area contributed by atoms with Crippen molar-refractivity contribution in [1.29, 1.82) is 5.26 Å². The molecule has 7 heteroatoms. The Bertz CT molecular complexity index is 1660. The van der Waals surface area contributed by atoms with Gasteiger partial charge in [-0.1, -0.05) is 36.4 Å². The lowest BCUT2D eigenvalue weighted by Gasteiger charge is -2.24. The van der Waals surface area contributed by atoms with Crippen molar-refractivity contribution in [2.24, 2.45) is 0 Å². The van der Waals surface area contributed by atoms with E-state index in [1.165, 1.54) is 0 Å². The highest BCUT2D eigenvalue weighted by molar-refractivity contribution is 7.13. The Kier molecular flexibility index (Phi) is 7.07. The van der Waals surface area contributed by atoms with Crippen molar-refractivity contribution in [3.63, 3.8) is 0 Å². The third-order valence-corrected chi connectivity index (χ3v) is 7.40. The number of anilines is 1. The quantitative estimate of drug-likeness (QED) is 0.232. The molecule has 2 aromatic heterocycles. The van der Waals surface area contributed by atoms with Crippen LogP contribution in [0.25, 0.3) is 21.3 Å². The SMILES string of the molecule is CCOC(=O)c1[nH]c2ccc(N(Cc3ccccc3C#N)C(=O)c3ccc(-c4cccs4)cc3)cc2c1C. The van der Waals surface area contributed by atoms with Crippen molar-refractivity contribution in [1.82, 2.24) is 4.98 Å². The minimum atomic E-state index is -0.413. The molecule has 0 aliphatic heterocycles. The summed E-state index contributed by atoms with van der Waals surface area (Å²) in [7, 11) is 0. The second-order valence-corrected chi connectivity index (χ2v) is 9.74. The van der Waals surface area contributed by atoms with Crippen LogP contribution < -0.4 is 4.90 Å². The van der Waals surface area contributed by atoms with Gasteiger partial charge in [0.1, 0.15) is 5.69 Å². The van der Waals surface area contributed by atoms with E-state index in [1.807, 2.05) is 85.1 Å². The molecular formula is C31H25N3O3S. The van der Waals surface area contributed by atoms with Crippen LogP contribution in [0.15, 0.2) is 84.2 Å². The number of nitriles is 1. The van der Waals surface area contributed by atoms with Crippen LogP contribution >= 0.6 is 11.3 Å². The number of fused-ring (bicyclic) bond motifs is 1. The third kappa shape index (κ3) is 4.82. The summed E-state index contributed by atoms with van der Waals surface area (Å²) < 4.78 is 5.19. The lowest BCUT2D eigenvalue weighted by molar-refractivity contribution is 0.0519. The number of aromatic amines is 1. The Labute approximate surface area is 224 Å². The molecule has 5 aromatic rings. The number of carbonyl (C=O) groups excluding carboxylic acids is 2. The van der Waals surface area contributed by atoms with E-state index >= 15 is 0 Å². The van der Waals surface area contributed by atoms with E-state index in [0.29, 0.717) is 22.5 Å². The van der Waals surface area contributed by atoms with Crippen molar-refractivity contribution in [3.8, 4) is 16.5 Å². The van der Waals surface area contributed by atoms with Gasteiger partial charge in [-0.25, -0.2) is 4.79 Å². The lowest BCUT2D eigenvalue weighted by atomic mass is 10.0. The molecule has 0 unspecified atom stereocenters. The van der Waals surface area contributed by atoms with E-state index in [0.717, 1.165) is 32.5 Å². The van der Waals surface area contributed by atoms with Gasteiger partial charge in [0.15, 0.2) is 0 Å². The summed E-state index contributed by atoms with van der Waals surface area (Å²) in [6.45, 7) is 4.12. The fourth-order valence-corrected chi connectivity index (χ4v) is 5.22. The number of esters is 1. The first-order valence-electron chi connectivity index (χ1n) is 12.2. The van der Waals surface area contributed by atoms with Crippen molar-refractivity contribution in [2.45, 2.75) is 20.4 Å². The second-order valence-electron chi connectivity index (χ2n) is 8.79. The number of carbonyl (C=O) groups is 2. The summed E-state index contributed by atoms with van der Waals surface area (Å²) in [6, 6.07) is 26.7. The van der Waals surface area contributed by atoms with Crippen LogP contribution in [0.4, 0.5) is 5.69 Å². The Morgan fingerprint density at radius 2 is 1.82 bits per heavy atom. The van der Waals surface area contributed by atoms with E-state index in [1.54, 1.807) is 29.2 Å². The number of hydrogen-bond donors (Lipinski definition) is 1. The molecule has 0 fully saturated rings. The summed E-state index contributed by atoms with van der Waals surface area (Å²) in [4.78, 5) is 32.3. The van der Waals surface area contributed by atoms with Gasteiger partial charge in [0.25, 0.3) is 5.91 Å². The van der Waals surface area contributed by atoms with Gasteiger partial charge in [-0.2, -0.15) is 5.26 Å². The van der Waals surface area contributed by atoms with Crippen molar-refractivity contribution < 1.29 is 14.3 Å². The Morgan fingerprint density at radius 1 is 1.03 bits per heavy atom. The van der Waals surface area contributed by atoms with Crippen LogP contribution in [0.1, 0.15) is 44.5 Å². The number of hydrogen-bond acceptors (Lipinski definition) is 5. The van der Waals surface area contributed by atoms with E-state index in [2.05, 4.69) is 11.1 Å². The molecule has 0 radical (unpaired) electrons.